The van der Waals surface area contributed by atoms with E-state index in [1.165, 1.54) is 6.92 Å². The molecule has 156 valence electrons. The molecule has 6 heteroatoms. The molecule has 3 rings (SSSR count). The number of carbonyl (C=O) groups excluding carboxylic acids is 2. The minimum atomic E-state index is -0.379. The lowest BCUT2D eigenvalue weighted by molar-refractivity contribution is 0.0990. The topological polar surface area (TPSA) is 88.8 Å². The normalized spacial score (nSPS) is 10.8. The van der Waals surface area contributed by atoms with Crippen LogP contribution in [0.3, 0.4) is 0 Å². The first-order valence-electron chi connectivity index (χ1n) is 9.72. The van der Waals surface area contributed by atoms with E-state index >= 15 is 0 Å². The summed E-state index contributed by atoms with van der Waals surface area (Å²) in [4.78, 5) is 23.9. The third-order valence-electron chi connectivity index (χ3n) is 4.77. The molecule has 0 aliphatic rings. The van der Waals surface area contributed by atoms with Crippen LogP contribution in [0.1, 0.15) is 64.5 Å². The average molecular weight is 407 g/mol. The molecule has 0 saturated carbocycles. The predicted molar refractivity (Wildman–Crippen MR) is 114 cm³/mol. The molecule has 6 nitrogen and oxygen atoms in total. The van der Waals surface area contributed by atoms with Gasteiger partial charge in [0.2, 0.25) is 0 Å². The highest BCUT2D eigenvalue weighted by molar-refractivity contribution is 6.02. The smallest absolute Gasteiger partial charge is 0.291 e. The summed E-state index contributed by atoms with van der Waals surface area (Å²) < 4.78 is 11.3. The lowest BCUT2D eigenvalue weighted by Gasteiger charge is -2.14. The lowest BCUT2D eigenvalue weighted by atomic mass is 9.99. The number of amides is 1. The Morgan fingerprint density at radius 1 is 1.10 bits per heavy atom. The Morgan fingerprint density at radius 2 is 1.80 bits per heavy atom. The summed E-state index contributed by atoms with van der Waals surface area (Å²) in [7, 11) is 0. The van der Waals surface area contributed by atoms with E-state index in [0.717, 1.165) is 11.1 Å². The fourth-order valence-corrected chi connectivity index (χ4v) is 3.01. The minimum Gasteiger partial charge on any atom is -0.508 e. The number of ketones is 1. The van der Waals surface area contributed by atoms with Crippen molar-refractivity contribution in [3.05, 3.63) is 76.7 Å². The number of ether oxygens (including phenoxy) is 1. The van der Waals surface area contributed by atoms with Crippen molar-refractivity contribution in [2.45, 2.75) is 40.2 Å². The SMILES string of the molecule is CC(=O)c1ccc(OCc2ccc(C(=O)Nc3cc(C(C)C)c(O)cc3C)o2)cc1. The van der Waals surface area contributed by atoms with Crippen molar-refractivity contribution in [2.75, 3.05) is 5.32 Å². The van der Waals surface area contributed by atoms with Gasteiger partial charge in [0.1, 0.15) is 23.9 Å². The minimum absolute atomic E-state index is 0.00683. The summed E-state index contributed by atoms with van der Waals surface area (Å²) in [5.74, 6) is 1.22. The van der Waals surface area contributed by atoms with E-state index in [-0.39, 0.29) is 35.7 Å². The molecule has 0 fully saturated rings. The van der Waals surface area contributed by atoms with E-state index in [4.69, 9.17) is 9.15 Å². The maximum absolute atomic E-state index is 12.6. The highest BCUT2D eigenvalue weighted by Crippen LogP contribution is 2.31. The van der Waals surface area contributed by atoms with Crippen molar-refractivity contribution in [2.24, 2.45) is 0 Å². The second kappa shape index (κ2) is 8.86. The van der Waals surface area contributed by atoms with Crippen molar-refractivity contribution in [1.29, 1.82) is 0 Å². The molecular formula is C24H25NO5. The number of phenols is 1. The number of aryl methyl sites for hydroxylation is 1. The van der Waals surface area contributed by atoms with E-state index in [1.807, 2.05) is 20.8 Å². The number of benzene rings is 2. The quantitative estimate of drug-likeness (QED) is 0.401. The van der Waals surface area contributed by atoms with Crippen molar-refractivity contribution in [1.82, 2.24) is 0 Å². The molecule has 3 aromatic rings. The van der Waals surface area contributed by atoms with Gasteiger partial charge in [-0.1, -0.05) is 13.8 Å². The third kappa shape index (κ3) is 4.89. The van der Waals surface area contributed by atoms with Gasteiger partial charge in [0.15, 0.2) is 11.5 Å². The number of carbonyl (C=O) groups is 2. The number of rotatable bonds is 7. The molecule has 0 radical (unpaired) electrons. The van der Waals surface area contributed by atoms with Gasteiger partial charge in [-0.25, -0.2) is 0 Å². The predicted octanol–water partition coefficient (Wildman–Crippen LogP) is 5.45. The van der Waals surface area contributed by atoms with Gasteiger partial charge in [-0.3, -0.25) is 9.59 Å². The molecule has 2 N–H and O–H groups in total. The number of anilines is 1. The zero-order chi connectivity index (χ0) is 21.8. The van der Waals surface area contributed by atoms with E-state index in [9.17, 15) is 14.7 Å². The molecule has 0 aliphatic carbocycles. The number of Topliss-reactive ketones (excluding diaryl/α,β-unsaturated/α-hetero) is 1. The van der Waals surface area contributed by atoms with Gasteiger partial charge in [-0.05, 0) is 79.4 Å². The first kappa shape index (κ1) is 21.2. The van der Waals surface area contributed by atoms with Crippen LogP contribution in [0.2, 0.25) is 0 Å². The van der Waals surface area contributed by atoms with Crippen molar-refractivity contribution < 1.29 is 23.8 Å². The molecule has 0 bridgehead atoms. The van der Waals surface area contributed by atoms with Crippen LogP contribution in [0.25, 0.3) is 0 Å². The highest BCUT2D eigenvalue weighted by Gasteiger charge is 2.16. The summed E-state index contributed by atoms with van der Waals surface area (Å²) in [6.07, 6.45) is 0. The zero-order valence-electron chi connectivity index (χ0n) is 17.5. The number of aromatic hydroxyl groups is 1. The third-order valence-corrected chi connectivity index (χ3v) is 4.77. The average Bonchev–Trinajstić information content (AvgIpc) is 3.17. The molecule has 0 saturated heterocycles. The molecular weight excluding hydrogens is 382 g/mol. The fourth-order valence-electron chi connectivity index (χ4n) is 3.01. The van der Waals surface area contributed by atoms with Gasteiger partial charge >= 0.3 is 0 Å². The molecule has 2 aromatic carbocycles. The molecule has 1 aromatic heterocycles. The summed E-state index contributed by atoms with van der Waals surface area (Å²) >= 11 is 0. The Morgan fingerprint density at radius 3 is 2.43 bits per heavy atom. The Hall–Kier alpha value is -3.54. The lowest BCUT2D eigenvalue weighted by Crippen LogP contribution is -2.12. The number of nitrogens with one attached hydrogen (secondary N) is 1. The number of hydrogen-bond acceptors (Lipinski definition) is 5. The van der Waals surface area contributed by atoms with Crippen LogP contribution < -0.4 is 10.1 Å². The Kier molecular flexibility index (Phi) is 6.26. The van der Waals surface area contributed by atoms with Crippen LogP contribution in [0, 0.1) is 6.92 Å². The monoisotopic (exact) mass is 407 g/mol. The Bertz CT molecular complexity index is 1060. The van der Waals surface area contributed by atoms with Crippen LogP contribution in [0.4, 0.5) is 5.69 Å². The first-order valence-corrected chi connectivity index (χ1v) is 9.72. The molecule has 0 aliphatic heterocycles. The number of hydrogen-bond donors (Lipinski definition) is 2. The highest BCUT2D eigenvalue weighted by atomic mass is 16.5. The Balaban J connectivity index is 1.65. The molecule has 0 spiro atoms. The van der Waals surface area contributed by atoms with Crippen LogP contribution in [0.5, 0.6) is 11.5 Å². The van der Waals surface area contributed by atoms with E-state index in [1.54, 1.807) is 48.5 Å². The Labute approximate surface area is 175 Å². The van der Waals surface area contributed by atoms with Gasteiger partial charge < -0.3 is 19.6 Å². The van der Waals surface area contributed by atoms with Crippen LogP contribution >= 0.6 is 0 Å². The fraction of sp³-hybridized carbons (Fsp3) is 0.250. The second-order valence-corrected chi connectivity index (χ2v) is 7.47. The van der Waals surface area contributed by atoms with Gasteiger partial charge in [0, 0.05) is 11.3 Å². The standard InChI is InChI=1S/C24H25NO5/c1-14(2)20-12-21(15(3)11-22(20)27)25-24(28)23-10-9-19(30-23)13-29-18-7-5-17(6-8-18)16(4)26/h5-12,14,27H,13H2,1-4H3,(H,25,28). The molecule has 30 heavy (non-hydrogen) atoms. The summed E-state index contributed by atoms with van der Waals surface area (Å²) in [6.45, 7) is 7.43. The van der Waals surface area contributed by atoms with Gasteiger partial charge in [0.05, 0.1) is 0 Å². The van der Waals surface area contributed by atoms with Crippen LogP contribution in [-0.2, 0) is 6.61 Å². The van der Waals surface area contributed by atoms with Crippen molar-refractivity contribution >= 4 is 17.4 Å². The molecule has 0 unspecified atom stereocenters. The summed E-state index contributed by atoms with van der Waals surface area (Å²) in [6, 6.07) is 13.5. The van der Waals surface area contributed by atoms with Gasteiger partial charge in [-0.15, -0.1) is 0 Å². The van der Waals surface area contributed by atoms with E-state index < -0.39 is 0 Å². The van der Waals surface area contributed by atoms with Crippen LogP contribution in [-0.4, -0.2) is 16.8 Å². The van der Waals surface area contributed by atoms with Crippen molar-refractivity contribution in [3.63, 3.8) is 0 Å². The maximum atomic E-state index is 12.6. The zero-order valence-corrected chi connectivity index (χ0v) is 17.5. The van der Waals surface area contributed by atoms with Crippen LogP contribution in [0.15, 0.2) is 52.9 Å². The number of phenolic OH excluding ortho intramolecular Hbond substituents is 1. The second-order valence-electron chi connectivity index (χ2n) is 7.47. The van der Waals surface area contributed by atoms with Gasteiger partial charge in [-0.2, -0.15) is 0 Å². The molecule has 0 atom stereocenters. The first-order chi connectivity index (χ1) is 14.2. The van der Waals surface area contributed by atoms with Gasteiger partial charge in [0.25, 0.3) is 5.91 Å². The molecule has 1 heterocycles. The molecule has 1 amide bonds. The summed E-state index contributed by atoms with van der Waals surface area (Å²) in [5.41, 5.74) is 2.76. The maximum Gasteiger partial charge on any atom is 0.291 e. The van der Waals surface area contributed by atoms with E-state index in [2.05, 4.69) is 5.32 Å². The summed E-state index contributed by atoms with van der Waals surface area (Å²) in [5, 5.41) is 12.9. The van der Waals surface area contributed by atoms with E-state index in [0.29, 0.717) is 22.8 Å². The number of furan rings is 1. The van der Waals surface area contributed by atoms with Crippen molar-refractivity contribution in [3.8, 4) is 11.5 Å². The largest absolute Gasteiger partial charge is 0.508 e.